The maximum absolute atomic E-state index is 11.6. The Morgan fingerprint density at radius 1 is 1.29 bits per heavy atom. The summed E-state index contributed by atoms with van der Waals surface area (Å²) in [6, 6.07) is 7.70. The van der Waals surface area contributed by atoms with E-state index in [1.165, 1.54) is 0 Å². The lowest BCUT2D eigenvalue weighted by Crippen LogP contribution is -2.22. The Morgan fingerprint density at radius 3 is 2.81 bits per heavy atom. The molecule has 0 fully saturated rings. The Hall–Kier alpha value is -1.98. The normalized spacial score (nSPS) is 21.0. The zero-order valence-electron chi connectivity index (χ0n) is 11.3. The van der Waals surface area contributed by atoms with Crippen molar-refractivity contribution in [3.63, 3.8) is 0 Å². The van der Waals surface area contributed by atoms with Crippen LogP contribution in [-0.4, -0.2) is 22.6 Å². The molecule has 1 aliphatic rings. The van der Waals surface area contributed by atoms with Gasteiger partial charge < -0.3 is 10.1 Å². The number of hydrogen-bond donors (Lipinski definition) is 4. The van der Waals surface area contributed by atoms with Crippen LogP contribution in [-0.2, 0) is 0 Å². The largest absolute Gasteiger partial charge is 0.477 e. The number of carboxylic acids is 1. The second kappa shape index (κ2) is 5.79. The van der Waals surface area contributed by atoms with Crippen LogP contribution in [0.5, 0.6) is 0 Å². The summed E-state index contributed by atoms with van der Waals surface area (Å²) in [6.07, 6.45) is 8.09. The van der Waals surface area contributed by atoms with Crippen LogP contribution in [0, 0.1) is 5.92 Å². The molecular weight excluding hydrogens is 284 g/mol. The summed E-state index contributed by atoms with van der Waals surface area (Å²) < 4.78 is 2.88. The fourth-order valence-electron chi connectivity index (χ4n) is 2.94. The molecule has 21 heavy (non-hydrogen) atoms. The molecule has 2 atom stereocenters. The molecule has 2 aromatic rings. The predicted octanol–water partition coefficient (Wildman–Crippen LogP) is 3.13. The third kappa shape index (κ3) is 2.50. The first-order valence-corrected chi connectivity index (χ1v) is 7.23. The fraction of sp³-hybridized carbons (Fsp3) is 0.188. The van der Waals surface area contributed by atoms with Gasteiger partial charge in [-0.3, -0.25) is 4.72 Å². The van der Waals surface area contributed by atoms with Gasteiger partial charge in [-0.05, 0) is 11.6 Å². The summed E-state index contributed by atoms with van der Waals surface area (Å²) in [4.78, 5) is 14.6. The molecule has 2 unspecified atom stereocenters. The van der Waals surface area contributed by atoms with E-state index in [0.29, 0.717) is 6.54 Å². The number of aromatic nitrogens is 1. The Kier molecular flexibility index (Phi) is 3.86. The molecule has 3 rings (SSSR count). The van der Waals surface area contributed by atoms with Crippen LogP contribution >= 0.6 is 12.8 Å². The molecule has 0 saturated carbocycles. The monoisotopic (exact) mass is 300 g/mol. The number of allylic oxidation sites excluding steroid dienone is 3. The van der Waals surface area contributed by atoms with Crippen molar-refractivity contribution in [2.75, 3.05) is 6.54 Å². The third-order valence-electron chi connectivity index (χ3n) is 3.87. The van der Waals surface area contributed by atoms with Crippen LogP contribution in [0.1, 0.15) is 22.0 Å². The van der Waals surface area contributed by atoms with E-state index in [-0.39, 0.29) is 17.5 Å². The molecule has 108 valence electrons. The lowest BCUT2D eigenvalue weighted by molar-refractivity contribution is 0.0690. The predicted molar refractivity (Wildman–Crippen MR) is 86.8 cm³/mol. The first kappa shape index (κ1) is 14.0. The van der Waals surface area contributed by atoms with E-state index < -0.39 is 5.97 Å². The number of aromatic amines is 1. The highest BCUT2D eigenvalue weighted by Gasteiger charge is 2.28. The number of aromatic carboxylic acids is 1. The maximum Gasteiger partial charge on any atom is 0.352 e. The molecule has 3 N–H and O–H groups in total. The van der Waals surface area contributed by atoms with E-state index in [2.05, 4.69) is 34.7 Å². The molecule has 0 spiro atoms. The number of hydrogen-bond acceptors (Lipinski definition) is 3. The first-order valence-electron chi connectivity index (χ1n) is 6.78. The summed E-state index contributed by atoms with van der Waals surface area (Å²) >= 11 is 4.08. The van der Waals surface area contributed by atoms with E-state index in [4.69, 9.17) is 0 Å². The average molecular weight is 300 g/mol. The molecule has 0 saturated heterocycles. The number of thiol groups is 1. The van der Waals surface area contributed by atoms with Gasteiger partial charge >= 0.3 is 5.97 Å². The zero-order chi connectivity index (χ0) is 14.8. The number of carbonyl (C=O) groups is 1. The van der Waals surface area contributed by atoms with Crippen molar-refractivity contribution in [1.82, 2.24) is 9.71 Å². The highest BCUT2D eigenvalue weighted by Crippen LogP contribution is 2.37. The van der Waals surface area contributed by atoms with Gasteiger partial charge in [0.25, 0.3) is 0 Å². The van der Waals surface area contributed by atoms with Crippen LogP contribution in [0.2, 0.25) is 0 Å². The summed E-state index contributed by atoms with van der Waals surface area (Å²) in [5.41, 5.74) is 1.96. The lowest BCUT2D eigenvalue weighted by Gasteiger charge is -2.24. The summed E-state index contributed by atoms with van der Waals surface area (Å²) in [5.74, 6) is -0.747. The molecule has 0 amide bonds. The number of rotatable bonds is 4. The molecule has 5 heteroatoms. The summed E-state index contributed by atoms with van der Waals surface area (Å²) in [5, 5.41) is 10.5. The van der Waals surface area contributed by atoms with E-state index in [0.717, 1.165) is 16.5 Å². The first-order chi connectivity index (χ1) is 10.2. The number of nitrogens with one attached hydrogen (secondary N) is 2. The number of H-pyrrole nitrogens is 1. The SMILES string of the molecule is O=C(O)c1[nH]c2ccccc2c1C1C=CC=CC1CNS. The van der Waals surface area contributed by atoms with Crippen molar-refractivity contribution in [2.45, 2.75) is 5.92 Å². The van der Waals surface area contributed by atoms with Gasteiger partial charge in [-0.15, -0.1) is 0 Å². The van der Waals surface area contributed by atoms with Crippen LogP contribution in [0.4, 0.5) is 0 Å². The lowest BCUT2D eigenvalue weighted by atomic mass is 9.81. The second-order valence-electron chi connectivity index (χ2n) is 5.09. The highest BCUT2D eigenvalue weighted by molar-refractivity contribution is 7.78. The molecule has 4 nitrogen and oxygen atoms in total. The van der Waals surface area contributed by atoms with Crippen LogP contribution in [0.3, 0.4) is 0 Å². The fourth-order valence-corrected chi connectivity index (χ4v) is 3.15. The van der Waals surface area contributed by atoms with Crippen LogP contribution in [0.25, 0.3) is 10.9 Å². The minimum absolute atomic E-state index is 0.0110. The molecule has 0 radical (unpaired) electrons. The third-order valence-corrected chi connectivity index (χ3v) is 4.05. The standard InChI is InChI=1S/C16H16N2O2S/c19-16(20)15-14(12-7-3-4-8-13(12)18-15)11-6-2-1-5-10(11)9-17-21/h1-8,10-11,17-18,21H,9H2,(H,19,20). The number of benzene rings is 1. The molecule has 0 aliphatic heterocycles. The maximum atomic E-state index is 11.6. The van der Waals surface area contributed by atoms with Crippen molar-refractivity contribution in [3.05, 3.63) is 59.8 Å². The van der Waals surface area contributed by atoms with E-state index in [9.17, 15) is 9.90 Å². The topological polar surface area (TPSA) is 65.1 Å². The van der Waals surface area contributed by atoms with Crippen molar-refractivity contribution < 1.29 is 9.90 Å². The Labute approximate surface area is 128 Å². The van der Waals surface area contributed by atoms with Crippen molar-refractivity contribution >= 4 is 29.7 Å². The summed E-state index contributed by atoms with van der Waals surface area (Å²) in [7, 11) is 0. The highest BCUT2D eigenvalue weighted by atomic mass is 32.1. The van der Waals surface area contributed by atoms with Crippen molar-refractivity contribution in [2.24, 2.45) is 5.92 Å². The average Bonchev–Trinajstić information content (AvgIpc) is 2.88. The molecule has 1 heterocycles. The van der Waals surface area contributed by atoms with Gasteiger partial charge in [0.05, 0.1) is 0 Å². The molecule has 1 aliphatic carbocycles. The van der Waals surface area contributed by atoms with Gasteiger partial charge in [-0.2, -0.15) is 0 Å². The number of carboxylic acid groups (broad SMARTS) is 1. The quantitative estimate of drug-likeness (QED) is 0.656. The molecular formula is C16H16N2O2S. The Balaban J connectivity index is 2.17. The minimum Gasteiger partial charge on any atom is -0.477 e. The molecule has 1 aromatic carbocycles. The zero-order valence-corrected chi connectivity index (χ0v) is 12.2. The second-order valence-corrected chi connectivity index (χ2v) is 5.40. The van der Waals surface area contributed by atoms with Crippen LogP contribution < -0.4 is 4.72 Å². The van der Waals surface area contributed by atoms with Gasteiger partial charge in [0.1, 0.15) is 5.69 Å². The molecule has 0 bridgehead atoms. The Morgan fingerprint density at radius 2 is 2.05 bits per heavy atom. The van der Waals surface area contributed by atoms with Crippen molar-refractivity contribution in [3.8, 4) is 0 Å². The van der Waals surface area contributed by atoms with Gasteiger partial charge in [0.2, 0.25) is 0 Å². The molecule has 1 aromatic heterocycles. The number of para-hydroxylation sites is 1. The van der Waals surface area contributed by atoms with Gasteiger partial charge in [0.15, 0.2) is 0 Å². The smallest absolute Gasteiger partial charge is 0.352 e. The minimum atomic E-state index is -0.929. The Bertz CT molecular complexity index is 733. The van der Waals surface area contributed by atoms with Gasteiger partial charge in [-0.25, -0.2) is 4.79 Å². The van der Waals surface area contributed by atoms with Gasteiger partial charge in [-0.1, -0.05) is 55.3 Å². The summed E-state index contributed by atoms with van der Waals surface area (Å²) in [6.45, 7) is 0.674. The van der Waals surface area contributed by atoms with Crippen LogP contribution in [0.15, 0.2) is 48.6 Å². The number of fused-ring (bicyclic) bond motifs is 1. The van der Waals surface area contributed by atoms with Gasteiger partial charge in [0, 0.05) is 29.3 Å². The van der Waals surface area contributed by atoms with E-state index >= 15 is 0 Å². The van der Waals surface area contributed by atoms with E-state index in [1.807, 2.05) is 36.4 Å². The van der Waals surface area contributed by atoms with Crippen molar-refractivity contribution in [1.29, 1.82) is 0 Å². The van der Waals surface area contributed by atoms with E-state index in [1.54, 1.807) is 0 Å².